The maximum atomic E-state index is 12.9. The third kappa shape index (κ3) is 60.2. The average molecular weight is 1040 g/mol. The molecule has 6 nitrogen and oxygen atoms in total. The highest BCUT2D eigenvalue weighted by Gasteiger charge is 2.19. The molecule has 0 heterocycles. The van der Waals surface area contributed by atoms with Gasteiger partial charge in [0, 0.05) is 19.3 Å². The van der Waals surface area contributed by atoms with Crippen molar-refractivity contribution < 1.29 is 28.6 Å². The maximum Gasteiger partial charge on any atom is 0.306 e. The summed E-state index contributed by atoms with van der Waals surface area (Å²) in [5, 5.41) is 0. The highest BCUT2D eigenvalue weighted by Crippen LogP contribution is 2.18. The van der Waals surface area contributed by atoms with Crippen LogP contribution in [0.15, 0.2) is 48.6 Å². The Kier molecular flexibility index (Phi) is 60.7. The van der Waals surface area contributed by atoms with Gasteiger partial charge in [0.1, 0.15) is 13.2 Å². The van der Waals surface area contributed by atoms with Crippen LogP contribution in [0.4, 0.5) is 0 Å². The molecule has 0 aliphatic rings. The second-order valence-electron chi connectivity index (χ2n) is 22.0. The SMILES string of the molecule is CC/C=C\C/C=C\C/C=C\CCCCCCCC(=O)OCC(COC(=O)CCCCCCCCCCC/C=C\CCCCCCCCCC)OC(=O)CCCCCCCCCCCCCCCCCCCCCC. The monoisotopic (exact) mass is 1040 g/mol. The summed E-state index contributed by atoms with van der Waals surface area (Å²) in [5.74, 6) is -0.873. The molecule has 0 rings (SSSR count). The Morgan fingerprint density at radius 1 is 0.284 bits per heavy atom. The second-order valence-corrected chi connectivity index (χ2v) is 22.0. The van der Waals surface area contributed by atoms with Crippen LogP contribution in [0.3, 0.4) is 0 Å². The number of hydrogen-bond acceptors (Lipinski definition) is 6. The molecule has 0 aromatic rings. The molecule has 0 spiro atoms. The Bertz CT molecular complexity index is 1280. The Labute approximate surface area is 460 Å². The van der Waals surface area contributed by atoms with E-state index in [0.29, 0.717) is 19.3 Å². The minimum atomic E-state index is -0.780. The predicted molar refractivity (Wildman–Crippen MR) is 321 cm³/mol. The molecular weight excluding hydrogens is 913 g/mol. The van der Waals surface area contributed by atoms with E-state index in [2.05, 4.69) is 69.4 Å². The molecule has 432 valence electrons. The molecule has 74 heavy (non-hydrogen) atoms. The molecule has 6 heteroatoms. The van der Waals surface area contributed by atoms with E-state index >= 15 is 0 Å². The van der Waals surface area contributed by atoms with Crippen LogP contribution in [0.5, 0.6) is 0 Å². The quantitative estimate of drug-likeness (QED) is 0.0261. The Hall–Kier alpha value is -2.63. The summed E-state index contributed by atoms with van der Waals surface area (Å²) in [6, 6.07) is 0. The zero-order chi connectivity index (χ0) is 53.6. The maximum absolute atomic E-state index is 12.9. The highest BCUT2D eigenvalue weighted by atomic mass is 16.6. The van der Waals surface area contributed by atoms with Gasteiger partial charge in [0.2, 0.25) is 0 Å². The topological polar surface area (TPSA) is 78.9 Å². The van der Waals surface area contributed by atoms with E-state index in [-0.39, 0.29) is 31.1 Å². The summed E-state index contributed by atoms with van der Waals surface area (Å²) in [6.07, 6.45) is 78.4. The molecule has 1 atom stereocenters. The van der Waals surface area contributed by atoms with Crippen LogP contribution in [-0.4, -0.2) is 37.2 Å². The van der Waals surface area contributed by atoms with Crippen LogP contribution in [-0.2, 0) is 28.6 Å². The average Bonchev–Trinajstić information content (AvgIpc) is 3.40. The van der Waals surface area contributed by atoms with Crippen LogP contribution >= 0.6 is 0 Å². The summed E-state index contributed by atoms with van der Waals surface area (Å²) in [7, 11) is 0. The summed E-state index contributed by atoms with van der Waals surface area (Å²) in [6.45, 7) is 6.57. The number of ether oxygens (including phenoxy) is 3. The van der Waals surface area contributed by atoms with E-state index < -0.39 is 6.10 Å². The molecule has 0 saturated heterocycles. The summed E-state index contributed by atoms with van der Waals surface area (Å²) < 4.78 is 16.9. The van der Waals surface area contributed by atoms with E-state index in [1.807, 2.05) is 0 Å². The third-order valence-corrected chi connectivity index (χ3v) is 14.6. The van der Waals surface area contributed by atoms with Crippen LogP contribution < -0.4 is 0 Å². The van der Waals surface area contributed by atoms with Gasteiger partial charge in [0.05, 0.1) is 0 Å². The lowest BCUT2D eigenvalue weighted by Crippen LogP contribution is -2.30. The Morgan fingerprint density at radius 3 is 0.838 bits per heavy atom. The summed E-state index contributed by atoms with van der Waals surface area (Å²) in [4.78, 5) is 38.3. The van der Waals surface area contributed by atoms with Gasteiger partial charge in [-0.3, -0.25) is 14.4 Å². The van der Waals surface area contributed by atoms with Gasteiger partial charge in [-0.15, -0.1) is 0 Å². The molecule has 0 saturated carbocycles. The fourth-order valence-corrected chi connectivity index (χ4v) is 9.69. The molecule has 0 aromatic carbocycles. The predicted octanol–water partition coefficient (Wildman–Crippen LogP) is 22.2. The first-order valence-corrected chi connectivity index (χ1v) is 32.6. The number of allylic oxidation sites excluding steroid dienone is 8. The first-order chi connectivity index (χ1) is 36.5. The zero-order valence-electron chi connectivity index (χ0n) is 49.6. The number of carbonyl (C=O) groups excluding carboxylic acids is 3. The van der Waals surface area contributed by atoms with Crippen molar-refractivity contribution in [1.29, 1.82) is 0 Å². The van der Waals surface area contributed by atoms with Crippen molar-refractivity contribution in [2.75, 3.05) is 13.2 Å². The third-order valence-electron chi connectivity index (χ3n) is 14.6. The molecule has 0 N–H and O–H groups in total. The van der Waals surface area contributed by atoms with Gasteiger partial charge in [0.15, 0.2) is 6.10 Å². The van der Waals surface area contributed by atoms with Gasteiger partial charge in [-0.1, -0.05) is 301 Å². The molecule has 0 fully saturated rings. The molecule has 0 amide bonds. The second kappa shape index (κ2) is 62.9. The fourth-order valence-electron chi connectivity index (χ4n) is 9.69. The van der Waals surface area contributed by atoms with E-state index in [1.165, 1.54) is 212 Å². The molecular formula is C68H124O6. The van der Waals surface area contributed by atoms with Crippen molar-refractivity contribution in [1.82, 2.24) is 0 Å². The van der Waals surface area contributed by atoms with Gasteiger partial charge in [-0.2, -0.15) is 0 Å². The minimum Gasteiger partial charge on any atom is -0.462 e. The van der Waals surface area contributed by atoms with Crippen LogP contribution in [0.25, 0.3) is 0 Å². The van der Waals surface area contributed by atoms with Crippen molar-refractivity contribution >= 4 is 17.9 Å². The van der Waals surface area contributed by atoms with E-state index in [0.717, 1.165) is 96.3 Å². The first-order valence-electron chi connectivity index (χ1n) is 32.6. The summed E-state index contributed by atoms with van der Waals surface area (Å²) in [5.41, 5.74) is 0. The Balaban J connectivity index is 4.32. The van der Waals surface area contributed by atoms with Gasteiger partial charge < -0.3 is 14.2 Å². The van der Waals surface area contributed by atoms with Gasteiger partial charge in [-0.25, -0.2) is 0 Å². The molecule has 0 aromatic heterocycles. The first kappa shape index (κ1) is 71.4. The highest BCUT2D eigenvalue weighted by molar-refractivity contribution is 5.71. The number of hydrogen-bond donors (Lipinski definition) is 0. The van der Waals surface area contributed by atoms with Crippen LogP contribution in [0.1, 0.15) is 348 Å². The fraction of sp³-hybridized carbons (Fsp3) is 0.838. The number of unbranched alkanes of at least 4 members (excludes halogenated alkanes) is 41. The normalized spacial score (nSPS) is 12.3. The molecule has 0 aliphatic carbocycles. The van der Waals surface area contributed by atoms with Crippen molar-refractivity contribution in [2.45, 2.75) is 354 Å². The van der Waals surface area contributed by atoms with Crippen LogP contribution in [0.2, 0.25) is 0 Å². The molecule has 1 unspecified atom stereocenters. The number of carbonyl (C=O) groups is 3. The van der Waals surface area contributed by atoms with Crippen molar-refractivity contribution in [3.63, 3.8) is 0 Å². The lowest BCUT2D eigenvalue weighted by Gasteiger charge is -2.18. The van der Waals surface area contributed by atoms with E-state index in [1.54, 1.807) is 0 Å². The Morgan fingerprint density at radius 2 is 0.527 bits per heavy atom. The standard InChI is InChI=1S/C68H124O6/c1-4-7-10-13-16-19-22-25-28-30-32-34-36-37-40-43-46-49-52-55-58-61-67(70)73-64-65(63-72-66(69)60-57-54-51-48-45-42-39-27-24-21-18-15-12-9-6-3)74-68(71)62-59-56-53-50-47-44-41-38-35-33-31-29-26-23-20-17-14-11-8-5-2/h9,12,18,21,27,30,32,39,65H,4-8,10-11,13-17,19-20,22-26,28-29,31,33-38,40-64H2,1-3H3/b12-9-,21-18-,32-30-,39-27-. The minimum absolute atomic E-state index is 0.0762. The molecule has 0 bridgehead atoms. The smallest absolute Gasteiger partial charge is 0.306 e. The van der Waals surface area contributed by atoms with E-state index in [4.69, 9.17) is 14.2 Å². The lowest BCUT2D eigenvalue weighted by molar-refractivity contribution is -0.167. The molecule has 0 aliphatic heterocycles. The number of esters is 3. The van der Waals surface area contributed by atoms with Crippen molar-refractivity contribution in [2.24, 2.45) is 0 Å². The summed E-state index contributed by atoms with van der Waals surface area (Å²) >= 11 is 0. The lowest BCUT2D eigenvalue weighted by atomic mass is 10.0. The van der Waals surface area contributed by atoms with Crippen molar-refractivity contribution in [3.8, 4) is 0 Å². The van der Waals surface area contributed by atoms with Gasteiger partial charge in [0.25, 0.3) is 0 Å². The van der Waals surface area contributed by atoms with E-state index in [9.17, 15) is 14.4 Å². The zero-order valence-corrected chi connectivity index (χ0v) is 49.6. The van der Waals surface area contributed by atoms with Gasteiger partial charge in [-0.05, 0) is 77.0 Å². The van der Waals surface area contributed by atoms with Gasteiger partial charge >= 0.3 is 17.9 Å². The number of rotatable bonds is 60. The molecule has 0 radical (unpaired) electrons. The largest absolute Gasteiger partial charge is 0.462 e. The van der Waals surface area contributed by atoms with Crippen LogP contribution in [0, 0.1) is 0 Å². The van der Waals surface area contributed by atoms with Crippen molar-refractivity contribution in [3.05, 3.63) is 48.6 Å².